The van der Waals surface area contributed by atoms with E-state index in [1.807, 2.05) is 45.9 Å². The van der Waals surface area contributed by atoms with Crippen molar-refractivity contribution in [3.8, 4) is 11.5 Å². The lowest BCUT2D eigenvalue weighted by Crippen LogP contribution is -2.45. The number of aliphatic imine (C=N–C) groups is 1. The van der Waals surface area contributed by atoms with E-state index in [-0.39, 0.29) is 18.6 Å². The normalized spacial score (nSPS) is 17.1. The number of nitrogens with zero attached hydrogens (tertiary/aromatic N) is 2. The van der Waals surface area contributed by atoms with Gasteiger partial charge in [-0.25, -0.2) is 4.99 Å². The molecule has 1 aliphatic heterocycles. The summed E-state index contributed by atoms with van der Waals surface area (Å²) in [4.78, 5) is 18.6. The molecular weight excluding hydrogens is 372 g/mol. The highest BCUT2D eigenvalue weighted by molar-refractivity contribution is 5.83. The number of esters is 1. The Hall–Kier alpha value is -2.64. The van der Waals surface area contributed by atoms with Crippen molar-refractivity contribution < 1.29 is 19.0 Å². The minimum atomic E-state index is -0.512. The van der Waals surface area contributed by atoms with Crippen LogP contribution in [0.3, 0.4) is 0 Å². The van der Waals surface area contributed by atoms with Gasteiger partial charge in [-0.3, -0.25) is 4.79 Å². The lowest BCUT2D eigenvalue weighted by molar-refractivity contribution is -0.152. The first-order valence-electron chi connectivity index (χ1n) is 9.98. The van der Waals surface area contributed by atoms with Crippen LogP contribution in [0.25, 0.3) is 0 Å². The number of benzene rings is 1. The van der Waals surface area contributed by atoms with E-state index < -0.39 is 5.60 Å². The Bertz CT molecular complexity index is 693. The van der Waals surface area contributed by atoms with Gasteiger partial charge in [-0.05, 0) is 34.1 Å². The predicted octanol–water partition coefficient (Wildman–Crippen LogP) is 2.18. The third-order valence-corrected chi connectivity index (χ3v) is 4.36. The molecule has 2 N–H and O–H groups in total. The molecule has 1 saturated heterocycles. The van der Waals surface area contributed by atoms with Crippen molar-refractivity contribution in [2.24, 2.45) is 4.99 Å². The van der Waals surface area contributed by atoms with E-state index >= 15 is 0 Å². The Morgan fingerprint density at radius 1 is 1.21 bits per heavy atom. The smallest absolute Gasteiger partial charge is 0.328 e. The molecule has 1 aromatic carbocycles. The molecule has 0 radical (unpaired) electrons. The fourth-order valence-corrected chi connectivity index (χ4v) is 3.12. The van der Waals surface area contributed by atoms with Gasteiger partial charge >= 0.3 is 5.97 Å². The summed E-state index contributed by atoms with van der Waals surface area (Å²) in [5.74, 6) is 1.81. The molecule has 2 rings (SSSR count). The summed E-state index contributed by atoms with van der Waals surface area (Å²) in [5, 5.41) is 6.61. The maximum Gasteiger partial charge on any atom is 0.328 e. The first-order valence-corrected chi connectivity index (χ1v) is 9.98. The Morgan fingerprint density at radius 3 is 2.41 bits per heavy atom. The number of ether oxygens (including phenoxy) is 3. The van der Waals surface area contributed by atoms with Gasteiger partial charge in [-0.1, -0.05) is 0 Å². The molecule has 1 heterocycles. The zero-order valence-electron chi connectivity index (χ0n) is 18.4. The Kier molecular flexibility index (Phi) is 7.99. The molecule has 1 atom stereocenters. The van der Waals surface area contributed by atoms with Crippen LogP contribution in [0.15, 0.2) is 23.2 Å². The highest BCUT2D eigenvalue weighted by Gasteiger charge is 2.24. The molecule has 0 aliphatic carbocycles. The third kappa shape index (κ3) is 7.36. The predicted molar refractivity (Wildman–Crippen MR) is 115 cm³/mol. The molecule has 0 saturated carbocycles. The molecule has 8 nitrogen and oxygen atoms in total. The van der Waals surface area contributed by atoms with Crippen LogP contribution in [-0.4, -0.2) is 64.0 Å². The number of hydrogen-bond acceptors (Lipinski definition) is 6. The van der Waals surface area contributed by atoms with Crippen molar-refractivity contribution >= 4 is 17.6 Å². The second kappa shape index (κ2) is 10.2. The molecule has 8 heteroatoms. The van der Waals surface area contributed by atoms with Gasteiger partial charge in [0.15, 0.2) is 5.96 Å². The summed E-state index contributed by atoms with van der Waals surface area (Å²) in [6, 6.07) is 6.09. The zero-order chi connectivity index (χ0) is 21.4. The van der Waals surface area contributed by atoms with E-state index in [1.165, 1.54) is 0 Å². The van der Waals surface area contributed by atoms with E-state index in [0.717, 1.165) is 36.7 Å². The summed E-state index contributed by atoms with van der Waals surface area (Å²) >= 11 is 0. The number of carbonyl (C=O) groups excluding carboxylic acids is 1. The van der Waals surface area contributed by atoms with Gasteiger partial charge in [0.25, 0.3) is 0 Å². The molecule has 0 amide bonds. The lowest BCUT2D eigenvalue weighted by Gasteiger charge is -2.22. The van der Waals surface area contributed by atoms with Crippen molar-refractivity contribution in [3.63, 3.8) is 0 Å². The SMILES string of the molecule is CCNC(=NCC(=O)OC(C)(C)C)NC1CCN(c2cc(OC)cc(OC)c2)C1. The van der Waals surface area contributed by atoms with Crippen LogP contribution in [-0.2, 0) is 9.53 Å². The van der Waals surface area contributed by atoms with Gasteiger partial charge in [0.05, 0.1) is 14.2 Å². The molecule has 1 aliphatic rings. The Balaban J connectivity index is 1.99. The molecule has 1 fully saturated rings. The number of guanidine groups is 1. The third-order valence-electron chi connectivity index (χ3n) is 4.36. The van der Waals surface area contributed by atoms with Gasteiger partial charge in [0.2, 0.25) is 0 Å². The quantitative estimate of drug-likeness (QED) is 0.408. The van der Waals surface area contributed by atoms with Crippen molar-refractivity contribution in [1.82, 2.24) is 10.6 Å². The van der Waals surface area contributed by atoms with Gasteiger partial charge < -0.3 is 29.7 Å². The summed E-state index contributed by atoms with van der Waals surface area (Å²) < 4.78 is 16.1. The number of nitrogens with one attached hydrogen (secondary N) is 2. The molecule has 0 bridgehead atoms. The molecule has 0 spiro atoms. The van der Waals surface area contributed by atoms with E-state index in [0.29, 0.717) is 12.5 Å². The van der Waals surface area contributed by atoms with E-state index in [4.69, 9.17) is 14.2 Å². The second-order valence-corrected chi connectivity index (χ2v) is 7.93. The highest BCUT2D eigenvalue weighted by atomic mass is 16.6. The fraction of sp³-hybridized carbons (Fsp3) is 0.619. The van der Waals surface area contributed by atoms with E-state index in [1.54, 1.807) is 14.2 Å². The van der Waals surface area contributed by atoms with Crippen molar-refractivity contribution in [2.45, 2.75) is 45.8 Å². The number of methoxy groups -OCH3 is 2. The molecule has 162 valence electrons. The molecule has 29 heavy (non-hydrogen) atoms. The van der Waals surface area contributed by atoms with Crippen LogP contribution < -0.4 is 25.0 Å². The summed E-state index contributed by atoms with van der Waals surface area (Å²) in [5.41, 5.74) is 0.545. The van der Waals surface area contributed by atoms with E-state index in [2.05, 4.69) is 20.5 Å². The number of rotatable bonds is 7. The van der Waals surface area contributed by atoms with Crippen LogP contribution in [0.4, 0.5) is 5.69 Å². The summed E-state index contributed by atoms with van der Waals surface area (Å²) in [7, 11) is 3.30. The Morgan fingerprint density at radius 2 is 1.86 bits per heavy atom. The zero-order valence-corrected chi connectivity index (χ0v) is 18.4. The van der Waals surface area contributed by atoms with Gasteiger partial charge in [-0.15, -0.1) is 0 Å². The van der Waals surface area contributed by atoms with Crippen molar-refractivity contribution in [1.29, 1.82) is 0 Å². The number of hydrogen-bond donors (Lipinski definition) is 2. The molecular formula is C21H34N4O4. The number of carbonyl (C=O) groups is 1. The maximum atomic E-state index is 11.9. The van der Waals surface area contributed by atoms with Crippen molar-refractivity contribution in [3.05, 3.63) is 18.2 Å². The topological polar surface area (TPSA) is 84.4 Å². The lowest BCUT2D eigenvalue weighted by atomic mass is 10.2. The van der Waals surface area contributed by atoms with Crippen LogP contribution in [0.5, 0.6) is 11.5 Å². The minimum Gasteiger partial charge on any atom is -0.497 e. The van der Waals surface area contributed by atoms with Gasteiger partial charge in [-0.2, -0.15) is 0 Å². The standard InChI is InChI=1S/C21H34N4O4/c1-7-22-20(23-13-19(26)29-21(2,3)4)24-15-8-9-25(14-15)16-10-17(27-5)12-18(11-16)28-6/h10-12,15H,7-9,13-14H2,1-6H3,(H2,22,23,24). The fourth-order valence-electron chi connectivity index (χ4n) is 3.12. The van der Waals surface area contributed by atoms with Gasteiger partial charge in [0.1, 0.15) is 23.6 Å². The van der Waals surface area contributed by atoms with Crippen molar-refractivity contribution in [2.75, 3.05) is 45.3 Å². The minimum absolute atomic E-state index is 0.0177. The molecule has 1 aromatic rings. The molecule has 1 unspecified atom stereocenters. The second-order valence-electron chi connectivity index (χ2n) is 7.93. The average molecular weight is 407 g/mol. The molecule has 0 aromatic heterocycles. The first-order chi connectivity index (χ1) is 13.7. The van der Waals surface area contributed by atoms with Crippen LogP contribution >= 0.6 is 0 Å². The van der Waals surface area contributed by atoms with E-state index in [9.17, 15) is 4.79 Å². The summed E-state index contributed by atoms with van der Waals surface area (Å²) in [6.45, 7) is 9.94. The van der Waals surface area contributed by atoms with Crippen LogP contribution in [0.1, 0.15) is 34.1 Å². The largest absolute Gasteiger partial charge is 0.497 e. The average Bonchev–Trinajstić information content (AvgIpc) is 3.13. The highest BCUT2D eigenvalue weighted by Crippen LogP contribution is 2.30. The first kappa shape index (κ1) is 22.6. The van der Waals surface area contributed by atoms with Crippen LogP contribution in [0.2, 0.25) is 0 Å². The van der Waals surface area contributed by atoms with Crippen LogP contribution in [0, 0.1) is 0 Å². The monoisotopic (exact) mass is 406 g/mol. The number of anilines is 1. The van der Waals surface area contributed by atoms with Gasteiger partial charge in [0, 0.05) is 49.6 Å². The Labute approximate surface area is 173 Å². The summed E-state index contributed by atoms with van der Waals surface area (Å²) in [6.07, 6.45) is 0.955. The maximum absolute atomic E-state index is 11.9.